The largest absolute Gasteiger partial charge is 0.337 e. The van der Waals surface area contributed by atoms with E-state index in [2.05, 4.69) is 45.4 Å². The first-order valence-corrected chi connectivity index (χ1v) is 7.52. The van der Waals surface area contributed by atoms with Crippen LogP contribution < -0.4 is 0 Å². The highest BCUT2D eigenvalue weighted by molar-refractivity contribution is 7.14. The van der Waals surface area contributed by atoms with E-state index in [9.17, 15) is 0 Å². The van der Waals surface area contributed by atoms with E-state index in [1.54, 1.807) is 22.7 Å². The van der Waals surface area contributed by atoms with Gasteiger partial charge in [0, 0.05) is 26.2 Å². The number of hydrogen-bond acceptors (Lipinski definition) is 5. The molecule has 4 rings (SSSR count). The molecule has 0 unspecified atom stereocenters. The van der Waals surface area contributed by atoms with Crippen molar-refractivity contribution in [1.82, 2.24) is 10.4 Å². The van der Waals surface area contributed by atoms with Crippen molar-refractivity contribution < 1.29 is 4.52 Å². The van der Waals surface area contributed by atoms with E-state index in [0.29, 0.717) is 0 Å². The maximum absolute atomic E-state index is 5.18. The molecule has 0 fully saturated rings. The van der Waals surface area contributed by atoms with Crippen LogP contribution in [0.25, 0.3) is 32.0 Å². The van der Waals surface area contributed by atoms with Crippen LogP contribution >= 0.6 is 22.7 Å². The van der Waals surface area contributed by atoms with Gasteiger partial charge in [-0.05, 0) is 35.0 Å². The van der Waals surface area contributed by atoms with Gasteiger partial charge in [0.2, 0.25) is 0 Å². The van der Waals surface area contributed by atoms with Crippen LogP contribution in [-0.4, -0.2) is 10.4 Å². The molecule has 0 radical (unpaired) electrons. The van der Waals surface area contributed by atoms with Crippen LogP contribution in [-0.2, 0) is 0 Å². The molecule has 5 heteroatoms. The minimum atomic E-state index is 0.726. The van der Waals surface area contributed by atoms with Crippen LogP contribution in [0.5, 0.6) is 0 Å². The Morgan fingerprint density at radius 1 is 0.895 bits per heavy atom. The molecule has 0 amide bonds. The first kappa shape index (κ1) is 10.9. The summed E-state index contributed by atoms with van der Waals surface area (Å²) in [5.41, 5.74) is 3.84. The highest BCUT2D eigenvalue weighted by Gasteiger charge is 2.16. The zero-order chi connectivity index (χ0) is 12.7. The van der Waals surface area contributed by atoms with E-state index in [1.807, 2.05) is 12.1 Å². The molecule has 0 spiro atoms. The molecule has 0 saturated carbocycles. The number of fused-ring (bicyclic) bond motifs is 1. The Labute approximate surface area is 117 Å². The van der Waals surface area contributed by atoms with Crippen molar-refractivity contribution in [2.45, 2.75) is 0 Å². The van der Waals surface area contributed by atoms with Crippen molar-refractivity contribution in [2.75, 3.05) is 0 Å². The van der Waals surface area contributed by atoms with Gasteiger partial charge in [0.1, 0.15) is 5.52 Å². The topological polar surface area (TPSA) is 38.9 Å². The molecule has 3 nitrogen and oxygen atoms in total. The third-order valence-electron chi connectivity index (χ3n) is 2.98. The van der Waals surface area contributed by atoms with Crippen molar-refractivity contribution in [3.63, 3.8) is 0 Å². The zero-order valence-corrected chi connectivity index (χ0v) is 11.4. The Balaban J connectivity index is 2.11. The van der Waals surface area contributed by atoms with Gasteiger partial charge in [-0.25, -0.2) is 0 Å². The van der Waals surface area contributed by atoms with Gasteiger partial charge in [0.05, 0.1) is 0 Å². The molecular weight excluding hydrogens is 276 g/mol. The van der Waals surface area contributed by atoms with Crippen molar-refractivity contribution in [1.29, 1.82) is 0 Å². The van der Waals surface area contributed by atoms with Gasteiger partial charge in [0.25, 0.3) is 0 Å². The molecular formula is C14H8N2OS2. The molecule has 0 N–H and O–H groups in total. The molecule has 4 aromatic rings. The molecule has 92 valence electrons. The van der Waals surface area contributed by atoms with E-state index in [4.69, 9.17) is 4.52 Å². The van der Waals surface area contributed by atoms with E-state index < -0.39 is 0 Å². The van der Waals surface area contributed by atoms with Crippen LogP contribution in [0.1, 0.15) is 0 Å². The zero-order valence-electron chi connectivity index (χ0n) is 9.74. The van der Waals surface area contributed by atoms with Crippen LogP contribution in [0.3, 0.4) is 0 Å². The number of benzene rings is 1. The summed E-state index contributed by atoms with van der Waals surface area (Å²) in [4.78, 5) is 2.41. The number of rotatable bonds is 2. The Morgan fingerprint density at radius 3 is 2.42 bits per heavy atom. The average Bonchev–Trinajstić information content (AvgIpc) is 3.18. The van der Waals surface area contributed by atoms with Crippen LogP contribution in [0.15, 0.2) is 51.7 Å². The summed E-state index contributed by atoms with van der Waals surface area (Å²) in [5.74, 6) is 0. The van der Waals surface area contributed by atoms with Crippen molar-refractivity contribution >= 4 is 33.8 Å². The predicted octanol–water partition coefficient (Wildman–Crippen LogP) is 4.68. The lowest BCUT2D eigenvalue weighted by Gasteiger charge is -2.05. The molecule has 0 aliphatic heterocycles. The SMILES string of the molecule is c1csc(-c2ccc3onnc3c2-c2cccs2)c1. The first-order valence-electron chi connectivity index (χ1n) is 5.76. The second kappa shape index (κ2) is 4.29. The lowest BCUT2D eigenvalue weighted by atomic mass is 10.0. The molecule has 3 aromatic heterocycles. The number of aromatic nitrogens is 2. The fraction of sp³-hybridized carbons (Fsp3) is 0. The second-order valence-electron chi connectivity index (χ2n) is 4.06. The molecule has 0 aliphatic carbocycles. The maximum Gasteiger partial charge on any atom is 0.188 e. The summed E-state index contributed by atoms with van der Waals surface area (Å²) in [7, 11) is 0. The molecule has 0 atom stereocenters. The van der Waals surface area contributed by atoms with Gasteiger partial charge >= 0.3 is 0 Å². The van der Waals surface area contributed by atoms with Crippen LogP contribution in [0.4, 0.5) is 0 Å². The van der Waals surface area contributed by atoms with Gasteiger partial charge < -0.3 is 4.52 Å². The third-order valence-corrected chi connectivity index (χ3v) is 4.77. The first-order chi connectivity index (χ1) is 9.43. The standard InChI is InChI=1S/C14H8N2OS2/c1-3-11(18-7-1)9-5-6-10-14(15-16-17-10)13(9)12-4-2-8-19-12/h1-8H. The summed E-state index contributed by atoms with van der Waals surface area (Å²) in [6.07, 6.45) is 0. The van der Waals surface area contributed by atoms with Crippen LogP contribution in [0, 0.1) is 0 Å². The average molecular weight is 284 g/mol. The summed E-state index contributed by atoms with van der Waals surface area (Å²) >= 11 is 3.43. The molecule has 1 aromatic carbocycles. The second-order valence-corrected chi connectivity index (χ2v) is 5.96. The summed E-state index contributed by atoms with van der Waals surface area (Å²) in [6.45, 7) is 0. The van der Waals surface area contributed by atoms with E-state index in [0.717, 1.165) is 16.7 Å². The fourth-order valence-electron chi connectivity index (χ4n) is 2.16. The Morgan fingerprint density at radius 2 is 1.68 bits per heavy atom. The van der Waals surface area contributed by atoms with Crippen molar-refractivity contribution in [3.05, 3.63) is 47.2 Å². The molecule has 0 saturated heterocycles. The van der Waals surface area contributed by atoms with E-state index in [-0.39, 0.29) is 0 Å². The van der Waals surface area contributed by atoms with Crippen molar-refractivity contribution in [3.8, 4) is 20.9 Å². The van der Waals surface area contributed by atoms with Gasteiger partial charge in [-0.15, -0.1) is 27.8 Å². The van der Waals surface area contributed by atoms with Gasteiger partial charge in [0.15, 0.2) is 5.58 Å². The number of hydrogen-bond donors (Lipinski definition) is 0. The summed E-state index contributed by atoms with van der Waals surface area (Å²) < 4.78 is 5.18. The quantitative estimate of drug-likeness (QED) is 0.536. The molecule has 0 bridgehead atoms. The monoisotopic (exact) mass is 284 g/mol. The minimum Gasteiger partial charge on any atom is -0.337 e. The summed E-state index contributed by atoms with van der Waals surface area (Å²) in [6, 6.07) is 12.3. The van der Waals surface area contributed by atoms with Gasteiger partial charge in [-0.2, -0.15) is 0 Å². The normalized spacial score (nSPS) is 11.2. The predicted molar refractivity (Wildman–Crippen MR) is 78.4 cm³/mol. The van der Waals surface area contributed by atoms with E-state index in [1.165, 1.54) is 15.3 Å². The minimum absolute atomic E-state index is 0.726. The molecule has 19 heavy (non-hydrogen) atoms. The van der Waals surface area contributed by atoms with Crippen molar-refractivity contribution in [2.24, 2.45) is 0 Å². The molecule has 3 heterocycles. The van der Waals surface area contributed by atoms with E-state index >= 15 is 0 Å². The highest BCUT2D eigenvalue weighted by Crippen LogP contribution is 2.40. The Hall–Kier alpha value is -1.98. The smallest absolute Gasteiger partial charge is 0.188 e. The summed E-state index contributed by atoms with van der Waals surface area (Å²) in [5, 5.41) is 12.0. The maximum atomic E-state index is 5.18. The fourth-order valence-corrected chi connectivity index (χ4v) is 3.70. The molecule has 0 aliphatic rings. The number of thiophene rings is 2. The lowest BCUT2D eigenvalue weighted by Crippen LogP contribution is -1.83. The Bertz CT molecular complexity index is 817. The lowest BCUT2D eigenvalue weighted by molar-refractivity contribution is 0.424. The van der Waals surface area contributed by atoms with Gasteiger partial charge in [-0.1, -0.05) is 12.1 Å². The van der Waals surface area contributed by atoms with Crippen LogP contribution in [0.2, 0.25) is 0 Å². The third kappa shape index (κ3) is 1.70. The number of nitrogens with zero attached hydrogens (tertiary/aromatic N) is 2. The Kier molecular flexibility index (Phi) is 2.46. The highest BCUT2D eigenvalue weighted by atomic mass is 32.1. The van der Waals surface area contributed by atoms with Gasteiger partial charge in [-0.3, -0.25) is 0 Å².